The van der Waals surface area contributed by atoms with Crippen molar-refractivity contribution < 1.29 is 8.23 Å². The Morgan fingerprint density at radius 3 is 2.40 bits per heavy atom. The van der Waals surface area contributed by atoms with Crippen LogP contribution in [0, 0.1) is 0 Å². The van der Waals surface area contributed by atoms with Crippen molar-refractivity contribution >= 4 is 37.4 Å². The van der Waals surface area contributed by atoms with Crippen LogP contribution in [0.2, 0.25) is 19.1 Å². The average Bonchev–Trinajstić information content (AvgIpc) is 1.90. The zero-order valence-electron chi connectivity index (χ0n) is 7.39. The molecule has 0 saturated heterocycles. The minimum Gasteiger partial charge on any atom is -0.466 e. The first kappa shape index (κ1) is 10.8. The van der Waals surface area contributed by atoms with E-state index in [1.165, 1.54) is 6.04 Å². The number of hydrogen-bond donors (Lipinski definition) is 0. The molecule has 10 heavy (non-hydrogen) atoms. The van der Waals surface area contributed by atoms with E-state index >= 15 is 0 Å². The van der Waals surface area contributed by atoms with Crippen LogP contribution in [0.1, 0.15) is 6.92 Å². The maximum absolute atomic E-state index is 5.72. The molecule has 0 aromatic carbocycles. The largest absolute Gasteiger partial charge is 0.466 e. The van der Waals surface area contributed by atoms with Crippen LogP contribution in [0.5, 0.6) is 0 Å². The lowest BCUT2D eigenvalue weighted by Crippen LogP contribution is -2.30. The molecule has 0 aromatic heterocycles. The highest BCUT2D eigenvalue weighted by Crippen LogP contribution is 1.91. The van der Waals surface area contributed by atoms with Gasteiger partial charge in [-0.05, 0) is 19.1 Å². The third-order valence-corrected chi connectivity index (χ3v) is 16.4. The molecule has 6 heteroatoms. The van der Waals surface area contributed by atoms with Crippen molar-refractivity contribution in [3.8, 4) is 0 Å². The Morgan fingerprint density at radius 1 is 1.50 bits per heavy atom. The highest BCUT2D eigenvalue weighted by atomic mass is 29.2. The topological polar surface area (TPSA) is 18.5 Å². The molecule has 0 radical (unpaired) electrons. The molecule has 0 bridgehead atoms. The van der Waals surface area contributed by atoms with Gasteiger partial charge in [-0.25, -0.2) is 0 Å². The van der Waals surface area contributed by atoms with E-state index in [-0.39, 0.29) is 9.28 Å². The third kappa shape index (κ3) is 5.56. The molecule has 0 aromatic rings. The molecule has 0 spiro atoms. The molecule has 2 nitrogen and oxygen atoms in total. The first-order chi connectivity index (χ1) is 4.70. The normalized spacial score (nSPS) is 15.6. The Balaban J connectivity index is 3.26. The second-order valence-corrected chi connectivity index (χ2v) is 14.1. The molecule has 0 aliphatic rings. The van der Waals surface area contributed by atoms with Crippen molar-refractivity contribution in [1.29, 1.82) is 0 Å². The maximum atomic E-state index is 5.72. The summed E-state index contributed by atoms with van der Waals surface area (Å²) in [5.41, 5.74) is 0. The number of hydrogen-bond acceptors (Lipinski definition) is 2. The van der Waals surface area contributed by atoms with Gasteiger partial charge < -0.3 is 8.23 Å². The monoisotopic (exact) mass is 210 g/mol. The molecule has 1 atom stereocenters. The third-order valence-electron chi connectivity index (χ3n) is 1.40. The molecule has 0 amide bonds. The molecule has 0 heterocycles. The highest BCUT2D eigenvalue weighted by Gasteiger charge is 2.08. The van der Waals surface area contributed by atoms with Crippen molar-refractivity contribution in [2.75, 3.05) is 0 Å². The molecule has 0 aliphatic heterocycles. The fourth-order valence-corrected chi connectivity index (χ4v) is 12.5. The van der Waals surface area contributed by atoms with Crippen LogP contribution >= 0.6 is 0 Å². The van der Waals surface area contributed by atoms with E-state index < -0.39 is 17.6 Å². The maximum Gasteiger partial charge on any atom is 0.173 e. The summed E-state index contributed by atoms with van der Waals surface area (Å²) in [6, 6.07) is 1.27. The summed E-state index contributed by atoms with van der Waals surface area (Å²) >= 11 is 0. The summed E-state index contributed by atoms with van der Waals surface area (Å²) in [7, 11) is -0.743. The summed E-state index contributed by atoms with van der Waals surface area (Å²) in [4.78, 5) is 0. The van der Waals surface area contributed by atoms with E-state index in [4.69, 9.17) is 8.23 Å². The highest BCUT2D eigenvalue weighted by molar-refractivity contribution is 7.08. The van der Waals surface area contributed by atoms with Gasteiger partial charge in [-0.15, -0.1) is 0 Å². The van der Waals surface area contributed by atoms with Crippen LogP contribution in [-0.4, -0.2) is 37.4 Å². The molecule has 1 unspecified atom stereocenters. The zero-order chi connectivity index (χ0) is 7.98. The molecule has 0 N–H and O–H groups in total. The van der Waals surface area contributed by atoms with Gasteiger partial charge in [0.2, 0.25) is 0 Å². The Morgan fingerprint density at radius 2 is 2.10 bits per heavy atom. The van der Waals surface area contributed by atoms with Crippen LogP contribution < -0.4 is 0 Å². The second-order valence-electron chi connectivity index (χ2n) is 2.65. The van der Waals surface area contributed by atoms with E-state index in [2.05, 4.69) is 20.0 Å². The van der Waals surface area contributed by atoms with Gasteiger partial charge in [-0.2, -0.15) is 0 Å². The lowest BCUT2D eigenvalue weighted by molar-refractivity contribution is 0.605. The molecular formula is C4H18O2Si4. The van der Waals surface area contributed by atoms with Gasteiger partial charge in [0, 0.05) is 0 Å². The molecule has 0 rings (SSSR count). The zero-order valence-corrected chi connectivity index (χ0v) is 13.1. The van der Waals surface area contributed by atoms with Crippen molar-refractivity contribution in [3.63, 3.8) is 0 Å². The van der Waals surface area contributed by atoms with E-state index in [0.29, 0.717) is 0 Å². The number of rotatable bonds is 5. The first-order valence-electron chi connectivity index (χ1n) is 3.85. The van der Waals surface area contributed by atoms with Gasteiger partial charge >= 0.3 is 0 Å². The van der Waals surface area contributed by atoms with E-state index in [9.17, 15) is 0 Å². The molecule has 0 saturated carbocycles. The molecular weight excluding hydrogens is 192 g/mol. The minimum absolute atomic E-state index is 0.209. The Bertz CT molecular complexity index is 75.7. The summed E-state index contributed by atoms with van der Waals surface area (Å²) in [5, 5.41) is 0. The van der Waals surface area contributed by atoms with Crippen LogP contribution in [0.25, 0.3) is 0 Å². The van der Waals surface area contributed by atoms with Crippen molar-refractivity contribution in [2.24, 2.45) is 0 Å². The smallest absolute Gasteiger partial charge is 0.173 e. The fourth-order valence-electron chi connectivity index (χ4n) is 0.652. The van der Waals surface area contributed by atoms with Crippen molar-refractivity contribution in [3.05, 3.63) is 0 Å². The second kappa shape index (κ2) is 6.49. The molecule has 62 valence electrons. The Hall–Kier alpha value is 0.788. The van der Waals surface area contributed by atoms with Gasteiger partial charge in [0.25, 0.3) is 0 Å². The van der Waals surface area contributed by atoms with E-state index in [1.54, 1.807) is 0 Å². The van der Waals surface area contributed by atoms with Gasteiger partial charge in [-0.1, -0.05) is 6.92 Å². The van der Waals surface area contributed by atoms with Crippen molar-refractivity contribution in [1.82, 2.24) is 0 Å². The van der Waals surface area contributed by atoms with Crippen LogP contribution in [-0.2, 0) is 8.23 Å². The molecule has 0 aliphatic carbocycles. The predicted octanol–water partition coefficient (Wildman–Crippen LogP) is -1.39. The van der Waals surface area contributed by atoms with Crippen LogP contribution in [0.3, 0.4) is 0 Å². The Labute approximate surface area is 72.0 Å². The Kier molecular flexibility index (Phi) is 7.01. The SMILES string of the molecule is CC[SiH](O[SiH3])[SiH2]O[SiH](C)C. The van der Waals surface area contributed by atoms with E-state index in [1.807, 2.05) is 0 Å². The standard InChI is InChI=1S/C4H18O2Si4/c1-4-10(5-7)8-6-9(2)3/h9-10H,4,8H2,1-3,7H3. The lowest BCUT2D eigenvalue weighted by Gasteiger charge is -2.12. The van der Waals surface area contributed by atoms with Gasteiger partial charge in [0.05, 0.1) is 0 Å². The van der Waals surface area contributed by atoms with Gasteiger partial charge in [0.15, 0.2) is 26.9 Å². The quantitative estimate of drug-likeness (QED) is 0.520. The lowest BCUT2D eigenvalue weighted by atomic mass is 11.0. The van der Waals surface area contributed by atoms with Gasteiger partial charge in [0.1, 0.15) is 10.5 Å². The average molecular weight is 211 g/mol. The van der Waals surface area contributed by atoms with Crippen LogP contribution in [0.15, 0.2) is 0 Å². The van der Waals surface area contributed by atoms with Crippen LogP contribution in [0.4, 0.5) is 0 Å². The summed E-state index contributed by atoms with van der Waals surface area (Å²) in [5.74, 6) is 0. The summed E-state index contributed by atoms with van der Waals surface area (Å²) in [6.07, 6.45) is 0. The minimum atomic E-state index is -0.735. The first-order valence-corrected chi connectivity index (χ1v) is 12.6. The predicted molar refractivity (Wildman–Crippen MR) is 57.2 cm³/mol. The fraction of sp³-hybridized carbons (Fsp3) is 1.00. The summed E-state index contributed by atoms with van der Waals surface area (Å²) < 4.78 is 11.2. The van der Waals surface area contributed by atoms with Crippen molar-refractivity contribution in [2.45, 2.75) is 26.1 Å². The summed E-state index contributed by atoms with van der Waals surface area (Å²) in [6.45, 7) is 6.70. The van der Waals surface area contributed by atoms with E-state index in [0.717, 1.165) is 10.5 Å². The molecule has 0 fully saturated rings. The van der Waals surface area contributed by atoms with Gasteiger partial charge in [-0.3, -0.25) is 0 Å².